The van der Waals surface area contributed by atoms with E-state index in [0.717, 1.165) is 22.6 Å². The monoisotopic (exact) mass is 381 g/mol. The Balaban J connectivity index is 1.93. The zero-order valence-electron chi connectivity index (χ0n) is 13.9. The van der Waals surface area contributed by atoms with Crippen molar-refractivity contribution in [2.45, 2.75) is 38.0 Å². The molecule has 1 N–H and O–H groups in total. The van der Waals surface area contributed by atoms with E-state index in [2.05, 4.69) is 24.4 Å². The number of amides is 1. The van der Waals surface area contributed by atoms with Crippen molar-refractivity contribution < 1.29 is 4.79 Å². The largest absolute Gasteiger partial charge is 0.325 e. The van der Waals surface area contributed by atoms with Gasteiger partial charge in [-0.05, 0) is 49.1 Å². The van der Waals surface area contributed by atoms with E-state index < -0.39 is 0 Å². The summed E-state index contributed by atoms with van der Waals surface area (Å²) in [5, 5.41) is 3.96. The van der Waals surface area contributed by atoms with E-state index in [4.69, 9.17) is 23.2 Å². The van der Waals surface area contributed by atoms with Crippen LogP contribution >= 0.6 is 35.0 Å². The predicted molar refractivity (Wildman–Crippen MR) is 106 cm³/mol. The quantitative estimate of drug-likeness (QED) is 0.564. The van der Waals surface area contributed by atoms with Gasteiger partial charge in [-0.25, -0.2) is 0 Å². The van der Waals surface area contributed by atoms with Crippen LogP contribution < -0.4 is 5.32 Å². The highest BCUT2D eigenvalue weighted by Crippen LogP contribution is 2.32. The van der Waals surface area contributed by atoms with Crippen LogP contribution in [0.3, 0.4) is 0 Å². The van der Waals surface area contributed by atoms with Gasteiger partial charge in [0, 0.05) is 10.6 Å². The Morgan fingerprint density at radius 2 is 2.00 bits per heavy atom. The summed E-state index contributed by atoms with van der Waals surface area (Å²) in [4.78, 5) is 13.0. The fourth-order valence-electron chi connectivity index (χ4n) is 2.33. The summed E-state index contributed by atoms with van der Waals surface area (Å²) in [6, 6.07) is 11.6. The SMILES string of the molecule is CCCCc1ccc(NC(=O)CSc2cccc(Cl)c2Cl)c(C)c1. The maximum atomic E-state index is 12.2. The first-order valence-electron chi connectivity index (χ1n) is 7.97. The van der Waals surface area contributed by atoms with Gasteiger partial charge >= 0.3 is 0 Å². The second-order valence-corrected chi connectivity index (χ2v) is 7.44. The van der Waals surface area contributed by atoms with Gasteiger partial charge in [-0.2, -0.15) is 0 Å². The number of carbonyl (C=O) groups excluding carboxylic acids is 1. The van der Waals surface area contributed by atoms with Gasteiger partial charge in [-0.1, -0.05) is 54.7 Å². The number of rotatable bonds is 7. The van der Waals surface area contributed by atoms with E-state index in [1.54, 1.807) is 6.07 Å². The van der Waals surface area contributed by atoms with E-state index in [9.17, 15) is 4.79 Å². The van der Waals surface area contributed by atoms with Crippen LogP contribution in [0.4, 0.5) is 5.69 Å². The molecule has 2 aromatic rings. The number of hydrogen-bond acceptors (Lipinski definition) is 2. The molecule has 5 heteroatoms. The summed E-state index contributed by atoms with van der Waals surface area (Å²) in [5.41, 5.74) is 3.26. The third-order valence-electron chi connectivity index (χ3n) is 3.66. The van der Waals surface area contributed by atoms with Gasteiger partial charge in [0.1, 0.15) is 0 Å². The highest BCUT2D eigenvalue weighted by Gasteiger charge is 2.09. The van der Waals surface area contributed by atoms with Crippen molar-refractivity contribution in [1.82, 2.24) is 0 Å². The van der Waals surface area contributed by atoms with Gasteiger partial charge in [0.2, 0.25) is 5.91 Å². The first-order chi connectivity index (χ1) is 11.5. The third kappa shape index (κ3) is 5.44. The molecule has 128 valence electrons. The average molecular weight is 382 g/mol. The van der Waals surface area contributed by atoms with Crippen LogP contribution in [0.5, 0.6) is 0 Å². The molecule has 0 bridgehead atoms. The number of nitrogens with one attached hydrogen (secondary N) is 1. The number of aryl methyl sites for hydroxylation is 2. The minimum Gasteiger partial charge on any atom is -0.325 e. The van der Waals surface area contributed by atoms with Crippen molar-refractivity contribution in [1.29, 1.82) is 0 Å². The number of halogens is 2. The predicted octanol–water partition coefficient (Wildman–Crippen LogP) is 6.38. The summed E-state index contributed by atoms with van der Waals surface area (Å²) in [6.07, 6.45) is 3.44. The standard InChI is InChI=1S/C19H21Cl2NOS/c1-3-4-6-14-9-10-16(13(2)11-14)22-18(23)12-24-17-8-5-7-15(20)19(17)21/h5,7-11H,3-4,6,12H2,1-2H3,(H,22,23). The molecule has 0 unspecified atom stereocenters. The molecule has 0 heterocycles. The molecule has 0 fully saturated rings. The molecule has 0 aliphatic heterocycles. The van der Waals surface area contributed by atoms with Crippen LogP contribution in [0.2, 0.25) is 10.0 Å². The lowest BCUT2D eigenvalue weighted by atomic mass is 10.0. The molecule has 0 aliphatic carbocycles. The topological polar surface area (TPSA) is 29.1 Å². The fourth-order valence-corrected chi connectivity index (χ4v) is 3.62. The molecule has 0 saturated heterocycles. The summed E-state index contributed by atoms with van der Waals surface area (Å²) in [5.74, 6) is 0.234. The molecular weight excluding hydrogens is 361 g/mol. The maximum absolute atomic E-state index is 12.2. The van der Waals surface area contributed by atoms with Crippen molar-refractivity contribution in [3.05, 3.63) is 57.6 Å². The number of unbranched alkanes of at least 4 members (excludes halogenated alkanes) is 1. The molecule has 0 spiro atoms. The van der Waals surface area contributed by atoms with E-state index in [0.29, 0.717) is 10.0 Å². The van der Waals surface area contributed by atoms with Crippen molar-refractivity contribution in [3.8, 4) is 0 Å². The molecule has 24 heavy (non-hydrogen) atoms. The van der Waals surface area contributed by atoms with Crippen LogP contribution in [0.15, 0.2) is 41.3 Å². The fraction of sp³-hybridized carbons (Fsp3) is 0.316. The van der Waals surface area contributed by atoms with E-state index in [1.165, 1.54) is 30.2 Å². The van der Waals surface area contributed by atoms with E-state index in [-0.39, 0.29) is 11.7 Å². The minimum absolute atomic E-state index is 0.0551. The molecule has 0 aromatic heterocycles. The Labute approximate surface area is 157 Å². The number of carbonyl (C=O) groups is 1. The van der Waals surface area contributed by atoms with Crippen molar-refractivity contribution in [3.63, 3.8) is 0 Å². The van der Waals surface area contributed by atoms with Crippen LogP contribution in [-0.4, -0.2) is 11.7 Å². The van der Waals surface area contributed by atoms with Gasteiger partial charge < -0.3 is 5.32 Å². The normalized spacial score (nSPS) is 10.7. The van der Waals surface area contributed by atoms with Crippen molar-refractivity contribution >= 4 is 46.6 Å². The van der Waals surface area contributed by atoms with Gasteiger partial charge in [-0.15, -0.1) is 11.8 Å². The second kappa shape index (κ2) is 9.36. The van der Waals surface area contributed by atoms with Crippen LogP contribution in [0, 0.1) is 6.92 Å². The Morgan fingerprint density at radius 1 is 1.21 bits per heavy atom. The molecule has 0 aliphatic rings. The summed E-state index contributed by atoms with van der Waals surface area (Å²) in [7, 11) is 0. The van der Waals surface area contributed by atoms with Gasteiger partial charge in [0.05, 0.1) is 15.8 Å². The first-order valence-corrected chi connectivity index (χ1v) is 9.71. The summed E-state index contributed by atoms with van der Waals surface area (Å²) in [6.45, 7) is 4.21. The maximum Gasteiger partial charge on any atom is 0.234 e. The van der Waals surface area contributed by atoms with Crippen LogP contribution in [-0.2, 0) is 11.2 Å². The van der Waals surface area contributed by atoms with Crippen LogP contribution in [0.25, 0.3) is 0 Å². The molecule has 0 radical (unpaired) electrons. The lowest BCUT2D eigenvalue weighted by molar-refractivity contribution is -0.113. The second-order valence-electron chi connectivity index (χ2n) is 5.64. The first kappa shape index (κ1) is 19.2. The van der Waals surface area contributed by atoms with Gasteiger partial charge in [0.25, 0.3) is 0 Å². The Hall–Kier alpha value is -1.16. The Morgan fingerprint density at radius 3 is 2.71 bits per heavy atom. The minimum atomic E-state index is -0.0551. The highest BCUT2D eigenvalue weighted by atomic mass is 35.5. The number of anilines is 1. The molecule has 0 atom stereocenters. The number of hydrogen-bond donors (Lipinski definition) is 1. The molecule has 2 aromatic carbocycles. The molecule has 0 saturated carbocycles. The average Bonchev–Trinajstić information content (AvgIpc) is 2.56. The van der Waals surface area contributed by atoms with E-state index in [1.807, 2.05) is 25.1 Å². The van der Waals surface area contributed by atoms with Crippen LogP contribution in [0.1, 0.15) is 30.9 Å². The molecule has 2 rings (SSSR count). The molecular formula is C19H21Cl2NOS. The number of benzene rings is 2. The molecule has 1 amide bonds. The Bertz CT molecular complexity index is 719. The van der Waals surface area contributed by atoms with E-state index >= 15 is 0 Å². The summed E-state index contributed by atoms with van der Waals surface area (Å²) < 4.78 is 0. The lowest BCUT2D eigenvalue weighted by Crippen LogP contribution is -2.15. The Kier molecular flexibility index (Phi) is 7.47. The summed E-state index contributed by atoms with van der Waals surface area (Å²) >= 11 is 13.5. The van der Waals surface area contributed by atoms with Crippen molar-refractivity contribution in [2.75, 3.05) is 11.1 Å². The highest BCUT2D eigenvalue weighted by molar-refractivity contribution is 8.00. The third-order valence-corrected chi connectivity index (χ3v) is 5.65. The smallest absolute Gasteiger partial charge is 0.234 e. The van der Waals surface area contributed by atoms with Gasteiger partial charge in [0.15, 0.2) is 0 Å². The lowest BCUT2D eigenvalue weighted by Gasteiger charge is -2.11. The number of thioether (sulfide) groups is 1. The zero-order valence-corrected chi connectivity index (χ0v) is 16.2. The van der Waals surface area contributed by atoms with Gasteiger partial charge in [-0.3, -0.25) is 4.79 Å². The van der Waals surface area contributed by atoms with Crippen molar-refractivity contribution in [2.24, 2.45) is 0 Å². The zero-order chi connectivity index (χ0) is 17.5. The molecule has 2 nitrogen and oxygen atoms in total.